The van der Waals surface area contributed by atoms with Crippen molar-refractivity contribution in [2.45, 2.75) is 18.7 Å². The second kappa shape index (κ2) is 5.84. The van der Waals surface area contributed by atoms with E-state index in [2.05, 4.69) is 25.6 Å². The Morgan fingerprint density at radius 3 is 2.57 bits per heavy atom. The smallest absolute Gasteiger partial charge is 0.262 e. The molecule has 1 heterocycles. The minimum absolute atomic E-state index is 0.0853. The number of nitriles is 1. The van der Waals surface area contributed by atoms with Crippen LogP contribution >= 0.6 is 15.9 Å². The van der Waals surface area contributed by atoms with Crippen molar-refractivity contribution >= 4 is 31.6 Å². The van der Waals surface area contributed by atoms with Crippen LogP contribution in [0.2, 0.25) is 0 Å². The van der Waals surface area contributed by atoms with Gasteiger partial charge in [-0.05, 0) is 59.1 Å². The second-order valence-corrected chi connectivity index (χ2v) is 6.93. The van der Waals surface area contributed by atoms with Crippen LogP contribution in [0.4, 0.5) is 5.69 Å². The Hall–Kier alpha value is -1.91. The van der Waals surface area contributed by atoms with Crippen molar-refractivity contribution in [3.8, 4) is 6.07 Å². The van der Waals surface area contributed by atoms with E-state index in [0.717, 1.165) is 5.56 Å². The number of hydrogen-bond acceptors (Lipinski definition) is 4. The molecular formula is C14H12BrN3O2S. The van der Waals surface area contributed by atoms with Crippen LogP contribution in [0, 0.1) is 25.2 Å². The van der Waals surface area contributed by atoms with Crippen molar-refractivity contribution < 1.29 is 8.42 Å². The summed E-state index contributed by atoms with van der Waals surface area (Å²) in [7, 11) is -3.76. The molecule has 1 aromatic carbocycles. The van der Waals surface area contributed by atoms with E-state index in [1.54, 1.807) is 25.1 Å². The topological polar surface area (TPSA) is 82.8 Å². The van der Waals surface area contributed by atoms with E-state index in [9.17, 15) is 8.42 Å². The molecule has 21 heavy (non-hydrogen) atoms. The lowest BCUT2D eigenvalue weighted by Gasteiger charge is -2.11. The minimum atomic E-state index is -3.76. The van der Waals surface area contributed by atoms with Gasteiger partial charge in [-0.15, -0.1) is 0 Å². The number of rotatable bonds is 3. The third kappa shape index (κ3) is 3.40. The number of nitrogens with zero attached hydrogens (tertiary/aromatic N) is 2. The molecule has 2 aromatic rings. The quantitative estimate of drug-likeness (QED) is 0.846. The van der Waals surface area contributed by atoms with E-state index >= 15 is 0 Å². The predicted molar refractivity (Wildman–Crippen MR) is 83.4 cm³/mol. The van der Waals surface area contributed by atoms with E-state index in [-0.39, 0.29) is 4.90 Å². The van der Waals surface area contributed by atoms with Gasteiger partial charge in [-0.1, -0.05) is 6.07 Å². The maximum atomic E-state index is 12.4. The number of hydrogen-bond donors (Lipinski definition) is 1. The first-order valence-corrected chi connectivity index (χ1v) is 8.27. The van der Waals surface area contributed by atoms with Gasteiger partial charge >= 0.3 is 0 Å². The summed E-state index contributed by atoms with van der Waals surface area (Å²) in [6, 6.07) is 8.17. The molecule has 2 rings (SSSR count). The summed E-state index contributed by atoms with van der Waals surface area (Å²) in [5.41, 5.74) is 2.06. The summed E-state index contributed by atoms with van der Waals surface area (Å²) in [4.78, 5) is 4.14. The highest BCUT2D eigenvalue weighted by atomic mass is 79.9. The molecule has 7 heteroatoms. The summed E-state index contributed by atoms with van der Waals surface area (Å²) < 4.78 is 28.0. The molecule has 108 valence electrons. The van der Waals surface area contributed by atoms with Gasteiger partial charge in [0.05, 0.1) is 28.4 Å². The first-order valence-electron chi connectivity index (χ1n) is 5.99. The van der Waals surface area contributed by atoms with Gasteiger partial charge in [0.15, 0.2) is 0 Å². The zero-order valence-corrected chi connectivity index (χ0v) is 13.8. The number of sulfonamides is 1. The van der Waals surface area contributed by atoms with Gasteiger partial charge in [0.25, 0.3) is 10.0 Å². The van der Waals surface area contributed by atoms with E-state index in [0.29, 0.717) is 21.4 Å². The number of benzene rings is 1. The highest BCUT2D eigenvalue weighted by Crippen LogP contribution is 2.22. The molecule has 1 aromatic heterocycles. The SMILES string of the molecule is Cc1ccc(C#N)cc1S(=O)(=O)Nc1cnc(Br)c(C)c1. The van der Waals surface area contributed by atoms with Crippen LogP contribution in [0.15, 0.2) is 40.0 Å². The number of aromatic nitrogens is 1. The molecule has 0 aliphatic carbocycles. The Morgan fingerprint density at radius 2 is 1.95 bits per heavy atom. The highest BCUT2D eigenvalue weighted by Gasteiger charge is 2.18. The van der Waals surface area contributed by atoms with Crippen molar-refractivity contribution in [3.63, 3.8) is 0 Å². The molecule has 0 bridgehead atoms. The van der Waals surface area contributed by atoms with Gasteiger partial charge in [0.2, 0.25) is 0 Å². The number of pyridine rings is 1. The molecule has 0 unspecified atom stereocenters. The van der Waals surface area contributed by atoms with Crippen molar-refractivity contribution in [1.82, 2.24) is 4.98 Å². The standard InChI is InChI=1S/C14H12BrN3O2S/c1-9-3-4-11(7-16)6-13(9)21(19,20)18-12-5-10(2)14(15)17-8-12/h3-6,8,18H,1-2H3. The normalized spacial score (nSPS) is 11.0. The molecule has 1 N–H and O–H groups in total. The third-order valence-corrected chi connectivity index (χ3v) is 5.23. The molecule has 0 fully saturated rings. The van der Waals surface area contributed by atoms with Crippen LogP contribution in [0.25, 0.3) is 0 Å². The average molecular weight is 366 g/mol. The first-order chi connectivity index (χ1) is 9.83. The Kier molecular flexibility index (Phi) is 4.30. The maximum Gasteiger partial charge on any atom is 0.262 e. The van der Waals surface area contributed by atoms with Crippen LogP contribution in [0.1, 0.15) is 16.7 Å². The Morgan fingerprint density at radius 1 is 1.24 bits per heavy atom. The number of aryl methyl sites for hydroxylation is 2. The number of nitrogens with one attached hydrogen (secondary N) is 1. The molecule has 0 amide bonds. The van der Waals surface area contributed by atoms with Crippen LogP contribution in [-0.4, -0.2) is 13.4 Å². The molecule has 0 atom stereocenters. The van der Waals surface area contributed by atoms with E-state index < -0.39 is 10.0 Å². The molecule has 0 aliphatic rings. The van der Waals surface area contributed by atoms with Gasteiger partial charge in [-0.2, -0.15) is 5.26 Å². The summed E-state index contributed by atoms with van der Waals surface area (Å²) in [6.07, 6.45) is 1.43. The van der Waals surface area contributed by atoms with E-state index in [4.69, 9.17) is 5.26 Å². The lowest BCUT2D eigenvalue weighted by Crippen LogP contribution is -2.14. The zero-order valence-electron chi connectivity index (χ0n) is 11.4. The molecular weight excluding hydrogens is 354 g/mol. The van der Waals surface area contributed by atoms with Crippen molar-refractivity contribution in [1.29, 1.82) is 5.26 Å². The first kappa shape index (κ1) is 15.5. The van der Waals surface area contributed by atoms with Crippen molar-refractivity contribution in [2.75, 3.05) is 4.72 Å². The van der Waals surface area contributed by atoms with Gasteiger partial charge in [-0.25, -0.2) is 13.4 Å². The molecule has 0 saturated heterocycles. The van der Waals surface area contributed by atoms with Gasteiger partial charge in [0.1, 0.15) is 4.60 Å². The lowest BCUT2D eigenvalue weighted by molar-refractivity contribution is 0.600. The van der Waals surface area contributed by atoms with Crippen molar-refractivity contribution in [2.24, 2.45) is 0 Å². The van der Waals surface area contributed by atoms with E-state index in [1.165, 1.54) is 12.3 Å². The average Bonchev–Trinajstić information content (AvgIpc) is 2.43. The zero-order chi connectivity index (χ0) is 15.6. The van der Waals surface area contributed by atoms with E-state index in [1.807, 2.05) is 13.0 Å². The van der Waals surface area contributed by atoms with Crippen molar-refractivity contribution in [3.05, 3.63) is 51.8 Å². The van der Waals surface area contributed by atoms with Crippen LogP contribution in [-0.2, 0) is 10.0 Å². The van der Waals surface area contributed by atoms with Gasteiger partial charge < -0.3 is 0 Å². The Labute approximate surface area is 131 Å². The monoisotopic (exact) mass is 365 g/mol. The fourth-order valence-electron chi connectivity index (χ4n) is 1.78. The highest BCUT2D eigenvalue weighted by molar-refractivity contribution is 9.10. The van der Waals surface area contributed by atoms with Crippen LogP contribution < -0.4 is 4.72 Å². The Balaban J connectivity index is 2.43. The second-order valence-electron chi connectivity index (χ2n) is 4.53. The largest absolute Gasteiger partial charge is 0.278 e. The molecule has 5 nitrogen and oxygen atoms in total. The van der Waals surface area contributed by atoms with Gasteiger partial charge in [0, 0.05) is 0 Å². The maximum absolute atomic E-state index is 12.4. The molecule has 0 saturated carbocycles. The summed E-state index contributed by atoms with van der Waals surface area (Å²) in [5.74, 6) is 0. The molecule has 0 spiro atoms. The molecule has 0 aliphatic heterocycles. The van der Waals surface area contributed by atoms with Gasteiger partial charge in [-0.3, -0.25) is 4.72 Å². The summed E-state index contributed by atoms with van der Waals surface area (Å²) in [5, 5.41) is 8.89. The van der Waals surface area contributed by atoms with Crippen LogP contribution in [0.5, 0.6) is 0 Å². The lowest BCUT2D eigenvalue weighted by atomic mass is 10.2. The summed E-state index contributed by atoms with van der Waals surface area (Å²) >= 11 is 3.26. The molecule has 0 radical (unpaired) electrons. The Bertz CT molecular complexity index is 842. The fraction of sp³-hybridized carbons (Fsp3) is 0.143. The third-order valence-electron chi connectivity index (χ3n) is 2.87. The predicted octanol–water partition coefficient (Wildman–Crippen LogP) is 3.13. The minimum Gasteiger partial charge on any atom is -0.278 e. The number of halogens is 1. The number of anilines is 1. The fourth-order valence-corrected chi connectivity index (χ4v) is 3.31. The summed E-state index contributed by atoms with van der Waals surface area (Å²) in [6.45, 7) is 3.50. The van der Waals surface area contributed by atoms with Crippen LogP contribution in [0.3, 0.4) is 0 Å².